The topological polar surface area (TPSA) is 38.7 Å². The molecule has 0 atom stereocenters. The number of rotatable bonds is 4. The summed E-state index contributed by atoms with van der Waals surface area (Å²) in [5.74, 6) is 3.97. The van der Waals surface area contributed by atoms with Crippen molar-refractivity contribution >= 4 is 89.4 Å². The van der Waals surface area contributed by atoms with Crippen LogP contribution in [0.1, 0.15) is 85.6 Å². The Balaban J connectivity index is 0. The van der Waals surface area contributed by atoms with Crippen LogP contribution in [0.25, 0.3) is 0 Å². The van der Waals surface area contributed by atoms with E-state index < -0.39 is 0 Å². The van der Waals surface area contributed by atoms with E-state index >= 15 is 0 Å². The van der Waals surface area contributed by atoms with E-state index in [1.807, 2.05) is 38.1 Å². The van der Waals surface area contributed by atoms with E-state index in [-0.39, 0.29) is 50.6 Å². The number of hydrogen-bond donors (Lipinski definition) is 1. The van der Waals surface area contributed by atoms with Gasteiger partial charge in [-0.1, -0.05) is 47.6 Å². The summed E-state index contributed by atoms with van der Waals surface area (Å²) in [4.78, 5) is 0. The fourth-order valence-corrected chi connectivity index (χ4v) is 4.24. The molecule has 3 aromatic carbocycles. The van der Waals surface area contributed by atoms with Crippen LogP contribution in [0.5, 0.6) is 17.2 Å². The molecule has 0 spiro atoms. The zero-order chi connectivity index (χ0) is 29.7. The standard InChI is InChI=1S/C11H14O.C10H12O.C8H9BrO.C3H5.CH4.BBr3.BrH.Mg/c1-8-7-10(9-3-4-9)5-6-11(8)12-2;1-7-6-9(8-2-3-8)4-5-10(7)11;1-6-5-7(9)3-4-8(6)10-2;1-2-3-1;;2-1(3)4;;/h5-7,9H,3-4H2,1-2H3;4-6,8,11H,2-3H2,1H3;3-5H,1-2H3;1H,2-3H2;1H4;;1H;/q;;;-1;;;;+2/p-1. The summed E-state index contributed by atoms with van der Waals surface area (Å²) < 4.78 is 11.6. The Labute approximate surface area is 321 Å². The Morgan fingerprint density at radius 1 is 0.721 bits per heavy atom. The van der Waals surface area contributed by atoms with E-state index in [9.17, 15) is 5.11 Å². The number of aryl methyl sites for hydroxylation is 3. The summed E-state index contributed by atoms with van der Waals surface area (Å²) in [7, 11) is 3.40. The fourth-order valence-electron chi connectivity index (χ4n) is 3.76. The third kappa shape index (κ3) is 20.2. The molecule has 0 aromatic heterocycles. The molecule has 0 amide bonds. The van der Waals surface area contributed by atoms with E-state index in [1.54, 1.807) is 20.3 Å². The van der Waals surface area contributed by atoms with Crippen LogP contribution in [0.3, 0.4) is 0 Å². The van der Waals surface area contributed by atoms with E-state index in [0.717, 1.165) is 38.9 Å². The Kier molecular flexibility index (Phi) is 25.8. The molecule has 0 aliphatic heterocycles. The Morgan fingerprint density at radius 2 is 1.09 bits per heavy atom. The molecule has 10 heteroatoms. The number of phenolic OH excluding ortho intramolecular Hbond substituents is 1. The van der Waals surface area contributed by atoms with Crippen LogP contribution in [0, 0.1) is 27.2 Å². The third-order valence-electron chi connectivity index (χ3n) is 6.38. The molecular formula is C33H44BBr5MgO3. The normalized spacial score (nSPS) is 13.3. The summed E-state index contributed by atoms with van der Waals surface area (Å²) in [6.07, 6.45) is 10.4. The number of halogens is 5. The van der Waals surface area contributed by atoms with Crippen molar-refractivity contribution in [3.05, 3.63) is 93.3 Å². The summed E-state index contributed by atoms with van der Waals surface area (Å²) in [6.45, 7) is 6.06. The first-order valence-electron chi connectivity index (χ1n) is 13.5. The molecule has 0 heterocycles. The minimum atomic E-state index is 0. The number of phenols is 1. The monoisotopic (exact) mass is 918 g/mol. The predicted octanol–water partition coefficient (Wildman–Crippen LogP) is 8.62. The van der Waals surface area contributed by atoms with Gasteiger partial charge in [0.1, 0.15) is 17.2 Å². The maximum atomic E-state index is 9.25. The molecule has 0 bridgehead atoms. The Hall–Kier alpha value is 0.291. The van der Waals surface area contributed by atoms with Gasteiger partial charge in [0.15, 0.2) is 0 Å². The van der Waals surface area contributed by atoms with Crippen LogP contribution < -0.4 is 26.5 Å². The van der Waals surface area contributed by atoms with Gasteiger partial charge in [-0.2, -0.15) is 0 Å². The quantitative estimate of drug-likeness (QED) is 0.211. The fraction of sp³-hybridized carbons (Fsp3) is 0.424. The van der Waals surface area contributed by atoms with Gasteiger partial charge >= 0.3 is 26.2 Å². The SMILES string of the molecule is BrB(Br)Br.C.COc1ccc(Br)cc1C.COc1ccc(C2CC2)cc1C.Cc1cc(C2CC2)ccc1O.[Br-].[CH-]1CC1.[Mg+2]. The van der Waals surface area contributed by atoms with Gasteiger partial charge in [0, 0.05) is 4.47 Å². The molecule has 3 nitrogen and oxygen atoms in total. The first kappa shape index (κ1) is 45.4. The Bertz CT molecular complexity index is 1180. The molecule has 3 aliphatic rings. The van der Waals surface area contributed by atoms with Crippen LogP contribution in [0.15, 0.2) is 59.1 Å². The molecule has 1 N–H and O–H groups in total. The van der Waals surface area contributed by atoms with Gasteiger partial charge in [0.25, 0.3) is 0 Å². The molecule has 3 aliphatic carbocycles. The van der Waals surface area contributed by atoms with Crippen molar-refractivity contribution in [3.63, 3.8) is 0 Å². The van der Waals surface area contributed by atoms with Gasteiger partial charge in [-0.3, -0.25) is 0 Å². The predicted molar refractivity (Wildman–Crippen MR) is 199 cm³/mol. The first-order chi connectivity index (χ1) is 19.0. The number of methoxy groups -OCH3 is 2. The molecule has 3 fully saturated rings. The van der Waals surface area contributed by atoms with E-state index in [2.05, 4.69) is 101 Å². The second kappa shape index (κ2) is 24.5. The van der Waals surface area contributed by atoms with Crippen molar-refractivity contribution in [3.8, 4) is 17.2 Å². The van der Waals surface area contributed by atoms with E-state index in [0.29, 0.717) is 5.75 Å². The number of benzene rings is 3. The van der Waals surface area contributed by atoms with Crippen LogP contribution >= 0.6 is 63.2 Å². The van der Waals surface area contributed by atoms with Crippen molar-refractivity contribution in [1.82, 2.24) is 0 Å². The number of ether oxygens (including phenoxy) is 2. The molecule has 43 heavy (non-hydrogen) atoms. The van der Waals surface area contributed by atoms with Gasteiger partial charge in [0.05, 0.1) is 14.2 Å². The van der Waals surface area contributed by atoms with Gasteiger partial charge in [-0.05, 0) is 116 Å². The first-order valence-corrected chi connectivity index (χ1v) is 17.1. The maximum absolute atomic E-state index is 9.25. The molecule has 3 aromatic rings. The van der Waals surface area contributed by atoms with Gasteiger partial charge < -0.3 is 38.0 Å². The molecule has 0 saturated heterocycles. The molecule has 234 valence electrons. The minimum Gasteiger partial charge on any atom is -1.00 e. The van der Waals surface area contributed by atoms with Crippen LogP contribution in [0.2, 0.25) is 0 Å². The zero-order valence-corrected chi connectivity index (χ0v) is 34.5. The molecule has 6 rings (SSSR count). The second-order valence-electron chi connectivity index (χ2n) is 10.1. The largest absolute Gasteiger partial charge is 2.00 e. The molecule has 0 unspecified atom stereocenters. The van der Waals surface area contributed by atoms with Gasteiger partial charge in [-0.25, -0.2) is 12.8 Å². The second-order valence-corrected chi connectivity index (χ2v) is 17.4. The summed E-state index contributed by atoms with van der Waals surface area (Å²) >= 11 is 12.7. The minimum absolute atomic E-state index is 0. The zero-order valence-electron chi connectivity index (χ0n) is 25.1. The van der Waals surface area contributed by atoms with Gasteiger partial charge in [0.2, 0.25) is 0 Å². The van der Waals surface area contributed by atoms with Crippen molar-refractivity contribution in [2.45, 2.75) is 78.6 Å². The molecule has 0 radical (unpaired) electrons. The van der Waals surface area contributed by atoms with Crippen molar-refractivity contribution < 1.29 is 31.6 Å². The number of hydrogen-bond acceptors (Lipinski definition) is 3. The molecular weight excluding hydrogens is 879 g/mol. The average Bonchev–Trinajstić information content (AvgIpc) is 3.75. The number of aromatic hydroxyl groups is 1. The summed E-state index contributed by atoms with van der Waals surface area (Å²) in [5, 5.41) is 9.25. The maximum Gasteiger partial charge on any atom is 2.00 e. The third-order valence-corrected chi connectivity index (χ3v) is 6.88. The van der Waals surface area contributed by atoms with Crippen LogP contribution in [-0.4, -0.2) is 45.6 Å². The van der Waals surface area contributed by atoms with Crippen molar-refractivity contribution in [2.75, 3.05) is 14.2 Å². The van der Waals surface area contributed by atoms with Gasteiger partial charge in [-0.15, -0.1) is 47.3 Å². The van der Waals surface area contributed by atoms with E-state index in [4.69, 9.17) is 9.47 Å². The summed E-state index contributed by atoms with van der Waals surface area (Å²) in [6, 6.07) is 18.4. The van der Waals surface area contributed by atoms with E-state index in [1.165, 1.54) is 55.2 Å². The van der Waals surface area contributed by atoms with Crippen LogP contribution in [-0.2, 0) is 0 Å². The van der Waals surface area contributed by atoms with Crippen molar-refractivity contribution in [2.24, 2.45) is 0 Å². The smallest absolute Gasteiger partial charge is 1.00 e. The summed E-state index contributed by atoms with van der Waals surface area (Å²) in [5.41, 5.74) is 6.27. The van der Waals surface area contributed by atoms with Crippen molar-refractivity contribution in [1.29, 1.82) is 0 Å². The van der Waals surface area contributed by atoms with Crippen LogP contribution in [0.4, 0.5) is 0 Å². The Morgan fingerprint density at radius 3 is 1.42 bits per heavy atom. The molecule has 3 saturated carbocycles. The average molecular weight is 923 g/mol.